The van der Waals surface area contributed by atoms with Gasteiger partial charge in [-0.1, -0.05) is 20.3 Å². The second-order valence-electron chi connectivity index (χ2n) is 5.64. The van der Waals surface area contributed by atoms with Gasteiger partial charge in [-0.25, -0.2) is 0 Å². The van der Waals surface area contributed by atoms with Crippen LogP contribution >= 0.6 is 0 Å². The molecule has 1 aliphatic rings. The Kier molecular flexibility index (Phi) is 5.20. The number of pyridine rings is 1. The first-order valence-electron chi connectivity index (χ1n) is 7.65. The maximum atomic E-state index is 4.64. The summed E-state index contributed by atoms with van der Waals surface area (Å²) in [6, 6.07) is 4.76. The second-order valence-corrected chi connectivity index (χ2v) is 5.64. The van der Waals surface area contributed by atoms with Crippen molar-refractivity contribution < 1.29 is 0 Å². The minimum Gasteiger partial charge on any atom is -0.373 e. The summed E-state index contributed by atoms with van der Waals surface area (Å²) in [5, 5.41) is 3.47. The predicted octanol–water partition coefficient (Wildman–Crippen LogP) is 3.38. The van der Waals surface area contributed by atoms with E-state index in [9.17, 15) is 0 Å². The average molecular weight is 261 g/mol. The fraction of sp³-hybridized carbons (Fsp3) is 0.688. The summed E-state index contributed by atoms with van der Waals surface area (Å²) in [5.41, 5.74) is 2.40. The molecule has 0 saturated heterocycles. The van der Waals surface area contributed by atoms with Crippen LogP contribution in [-0.2, 0) is 0 Å². The lowest BCUT2D eigenvalue weighted by molar-refractivity contribution is 0.321. The third kappa shape index (κ3) is 3.69. The van der Waals surface area contributed by atoms with Crippen molar-refractivity contribution in [1.29, 1.82) is 0 Å². The van der Waals surface area contributed by atoms with Crippen LogP contribution in [0.3, 0.4) is 0 Å². The molecule has 2 rings (SSSR count). The highest BCUT2D eigenvalue weighted by Gasteiger charge is 2.19. The quantitative estimate of drug-likeness (QED) is 0.815. The molecule has 0 spiro atoms. The van der Waals surface area contributed by atoms with Gasteiger partial charge in [-0.05, 0) is 43.9 Å². The van der Waals surface area contributed by atoms with Crippen molar-refractivity contribution in [3.8, 4) is 0 Å². The molecule has 0 bridgehead atoms. The van der Waals surface area contributed by atoms with E-state index in [2.05, 4.69) is 48.2 Å². The monoisotopic (exact) mass is 261 g/mol. The van der Waals surface area contributed by atoms with E-state index >= 15 is 0 Å². The highest BCUT2D eigenvalue weighted by Crippen LogP contribution is 2.28. The van der Waals surface area contributed by atoms with Gasteiger partial charge in [-0.2, -0.15) is 0 Å². The maximum absolute atomic E-state index is 4.64. The Bertz CT molecular complexity index is 370. The van der Waals surface area contributed by atoms with Gasteiger partial charge in [0.1, 0.15) is 0 Å². The molecule has 1 atom stereocenters. The average Bonchev–Trinajstić information content (AvgIpc) is 2.40. The summed E-state index contributed by atoms with van der Waals surface area (Å²) in [6.45, 7) is 6.50. The summed E-state index contributed by atoms with van der Waals surface area (Å²) in [6.07, 6.45) is 7.31. The maximum Gasteiger partial charge on any atom is 0.0574 e. The first-order valence-corrected chi connectivity index (χ1v) is 7.65. The number of aromatic nitrogens is 1. The minimum atomic E-state index is 0.385. The summed E-state index contributed by atoms with van der Waals surface area (Å²) in [7, 11) is 2.18. The molecule has 0 amide bonds. The van der Waals surface area contributed by atoms with E-state index in [1.807, 2.05) is 6.20 Å². The Morgan fingerprint density at radius 1 is 1.37 bits per heavy atom. The molecule has 1 unspecified atom stereocenters. The Labute approximate surface area is 117 Å². The predicted molar refractivity (Wildman–Crippen MR) is 81.6 cm³/mol. The lowest BCUT2D eigenvalue weighted by Gasteiger charge is -2.31. The van der Waals surface area contributed by atoms with Gasteiger partial charge >= 0.3 is 0 Å². The van der Waals surface area contributed by atoms with Crippen molar-refractivity contribution >= 4 is 5.69 Å². The summed E-state index contributed by atoms with van der Waals surface area (Å²) < 4.78 is 0. The Morgan fingerprint density at radius 3 is 2.63 bits per heavy atom. The van der Waals surface area contributed by atoms with Crippen LogP contribution in [0.25, 0.3) is 0 Å². The van der Waals surface area contributed by atoms with Crippen molar-refractivity contribution in [1.82, 2.24) is 10.3 Å². The van der Waals surface area contributed by atoms with Gasteiger partial charge in [0.05, 0.1) is 17.6 Å². The first kappa shape index (κ1) is 14.3. The molecule has 1 aliphatic carbocycles. The normalized spacial score (nSPS) is 17.0. The molecule has 1 aromatic rings. The Hall–Kier alpha value is -1.09. The van der Waals surface area contributed by atoms with E-state index in [0.29, 0.717) is 6.04 Å². The second kappa shape index (κ2) is 6.90. The van der Waals surface area contributed by atoms with Gasteiger partial charge in [0.25, 0.3) is 0 Å². The Morgan fingerprint density at radius 2 is 2.16 bits per heavy atom. The fourth-order valence-electron chi connectivity index (χ4n) is 2.70. The lowest BCUT2D eigenvalue weighted by atomic mass is 9.85. The smallest absolute Gasteiger partial charge is 0.0574 e. The molecule has 0 aromatic carbocycles. The lowest BCUT2D eigenvalue weighted by Crippen LogP contribution is -2.29. The zero-order valence-electron chi connectivity index (χ0n) is 12.5. The molecule has 3 heteroatoms. The molecule has 1 heterocycles. The van der Waals surface area contributed by atoms with E-state index < -0.39 is 0 Å². The van der Waals surface area contributed by atoms with Crippen LogP contribution in [0.15, 0.2) is 18.3 Å². The topological polar surface area (TPSA) is 28.2 Å². The zero-order valence-corrected chi connectivity index (χ0v) is 12.5. The number of nitrogens with one attached hydrogen (secondary N) is 1. The van der Waals surface area contributed by atoms with Crippen LogP contribution in [0.4, 0.5) is 5.69 Å². The van der Waals surface area contributed by atoms with Crippen molar-refractivity contribution in [2.24, 2.45) is 5.92 Å². The number of hydrogen-bond acceptors (Lipinski definition) is 3. The summed E-state index contributed by atoms with van der Waals surface area (Å²) in [4.78, 5) is 6.98. The van der Waals surface area contributed by atoms with Crippen molar-refractivity contribution in [2.75, 3.05) is 25.0 Å². The molecule has 1 saturated carbocycles. The highest BCUT2D eigenvalue weighted by molar-refractivity contribution is 5.44. The van der Waals surface area contributed by atoms with E-state index in [1.165, 1.54) is 31.5 Å². The molecular weight excluding hydrogens is 234 g/mol. The summed E-state index contributed by atoms with van der Waals surface area (Å²) in [5.74, 6) is 0.898. The largest absolute Gasteiger partial charge is 0.373 e. The number of rotatable bonds is 7. The molecule has 106 valence electrons. The molecule has 0 radical (unpaired) electrons. The van der Waals surface area contributed by atoms with Crippen molar-refractivity contribution in [3.05, 3.63) is 24.0 Å². The molecular formula is C16H27N3. The van der Waals surface area contributed by atoms with E-state index in [0.717, 1.165) is 24.6 Å². The first-order chi connectivity index (χ1) is 9.24. The van der Waals surface area contributed by atoms with Gasteiger partial charge in [-0.3, -0.25) is 4.98 Å². The van der Waals surface area contributed by atoms with Crippen LogP contribution in [-0.4, -0.2) is 25.1 Å². The van der Waals surface area contributed by atoms with Crippen LogP contribution in [0.1, 0.15) is 51.3 Å². The zero-order chi connectivity index (χ0) is 13.7. The fourth-order valence-corrected chi connectivity index (χ4v) is 2.70. The minimum absolute atomic E-state index is 0.385. The SMILES string of the molecule is CCNC(CC)c1ccc(N(C)CC2CCC2)cn1. The third-order valence-electron chi connectivity index (χ3n) is 4.18. The van der Waals surface area contributed by atoms with Gasteiger partial charge in [0.2, 0.25) is 0 Å². The van der Waals surface area contributed by atoms with Crippen LogP contribution in [0.5, 0.6) is 0 Å². The molecule has 1 aromatic heterocycles. The Balaban J connectivity index is 1.96. The highest BCUT2D eigenvalue weighted by atomic mass is 15.1. The number of nitrogens with zero attached hydrogens (tertiary/aromatic N) is 2. The van der Waals surface area contributed by atoms with E-state index in [-0.39, 0.29) is 0 Å². The number of anilines is 1. The molecule has 3 nitrogen and oxygen atoms in total. The molecule has 1 N–H and O–H groups in total. The van der Waals surface area contributed by atoms with E-state index in [1.54, 1.807) is 0 Å². The van der Waals surface area contributed by atoms with Crippen LogP contribution < -0.4 is 10.2 Å². The molecule has 19 heavy (non-hydrogen) atoms. The van der Waals surface area contributed by atoms with Gasteiger partial charge < -0.3 is 10.2 Å². The van der Waals surface area contributed by atoms with Crippen LogP contribution in [0, 0.1) is 5.92 Å². The van der Waals surface area contributed by atoms with Crippen molar-refractivity contribution in [2.45, 2.75) is 45.6 Å². The third-order valence-corrected chi connectivity index (χ3v) is 4.18. The van der Waals surface area contributed by atoms with Crippen LogP contribution in [0.2, 0.25) is 0 Å². The van der Waals surface area contributed by atoms with Crippen molar-refractivity contribution in [3.63, 3.8) is 0 Å². The van der Waals surface area contributed by atoms with Gasteiger partial charge in [-0.15, -0.1) is 0 Å². The number of hydrogen-bond donors (Lipinski definition) is 1. The van der Waals surface area contributed by atoms with E-state index in [4.69, 9.17) is 0 Å². The van der Waals surface area contributed by atoms with Gasteiger partial charge in [0, 0.05) is 19.6 Å². The summed E-state index contributed by atoms with van der Waals surface area (Å²) >= 11 is 0. The standard InChI is InChI=1S/C16H27N3/c1-4-15(17-5-2)16-10-9-14(11-18-16)19(3)12-13-7-6-8-13/h9-11,13,15,17H,4-8,12H2,1-3H3. The van der Waals surface area contributed by atoms with Gasteiger partial charge in [0.15, 0.2) is 0 Å². The molecule has 1 fully saturated rings. The molecule has 0 aliphatic heterocycles.